The number of benzene rings is 1. The topological polar surface area (TPSA) is 51.2 Å². The standard InChI is InChI=1S/C20H18N2O2S/c1-24-20-16(8-5-13-21-20)14-22-19(23)12-10-17-9-11-18(25-17)15-6-3-2-4-7-15/h2-13H,14H2,1H3,(H,22,23)/b12-10+. The summed E-state index contributed by atoms with van der Waals surface area (Å²) in [5.41, 5.74) is 2.02. The molecule has 5 heteroatoms. The number of nitrogens with one attached hydrogen (secondary N) is 1. The molecule has 1 amide bonds. The van der Waals surface area contributed by atoms with Gasteiger partial charge in [-0.25, -0.2) is 4.98 Å². The van der Waals surface area contributed by atoms with Crippen LogP contribution < -0.4 is 10.1 Å². The van der Waals surface area contributed by atoms with Crippen LogP contribution in [0.5, 0.6) is 5.88 Å². The zero-order valence-electron chi connectivity index (χ0n) is 13.8. The highest BCUT2D eigenvalue weighted by Gasteiger charge is 2.05. The van der Waals surface area contributed by atoms with Crippen molar-refractivity contribution >= 4 is 23.3 Å². The first-order chi connectivity index (χ1) is 12.3. The number of rotatable bonds is 6. The van der Waals surface area contributed by atoms with E-state index in [0.29, 0.717) is 12.4 Å². The maximum absolute atomic E-state index is 12.0. The highest BCUT2D eigenvalue weighted by Crippen LogP contribution is 2.28. The van der Waals surface area contributed by atoms with E-state index in [4.69, 9.17) is 4.74 Å². The van der Waals surface area contributed by atoms with E-state index in [2.05, 4.69) is 28.5 Å². The molecule has 3 rings (SSSR count). The zero-order chi connectivity index (χ0) is 17.5. The maximum atomic E-state index is 12.0. The molecular formula is C20H18N2O2S. The van der Waals surface area contributed by atoms with Crippen LogP contribution in [0.4, 0.5) is 0 Å². The van der Waals surface area contributed by atoms with Crippen molar-refractivity contribution in [2.24, 2.45) is 0 Å². The minimum Gasteiger partial charge on any atom is -0.481 e. The van der Waals surface area contributed by atoms with E-state index in [9.17, 15) is 4.79 Å². The van der Waals surface area contributed by atoms with E-state index < -0.39 is 0 Å². The van der Waals surface area contributed by atoms with E-state index >= 15 is 0 Å². The highest BCUT2D eigenvalue weighted by atomic mass is 32.1. The smallest absolute Gasteiger partial charge is 0.244 e. The molecule has 0 radical (unpaired) electrons. The fraction of sp³-hybridized carbons (Fsp3) is 0.100. The van der Waals surface area contributed by atoms with Crippen molar-refractivity contribution in [3.63, 3.8) is 0 Å². The van der Waals surface area contributed by atoms with Gasteiger partial charge in [0, 0.05) is 34.1 Å². The maximum Gasteiger partial charge on any atom is 0.244 e. The van der Waals surface area contributed by atoms with Gasteiger partial charge in [0.25, 0.3) is 0 Å². The Kier molecular flexibility index (Phi) is 5.59. The van der Waals surface area contributed by atoms with Gasteiger partial charge in [-0.15, -0.1) is 11.3 Å². The number of thiophene rings is 1. The Hall–Kier alpha value is -2.92. The van der Waals surface area contributed by atoms with Gasteiger partial charge in [-0.3, -0.25) is 4.79 Å². The SMILES string of the molecule is COc1ncccc1CNC(=O)/C=C/c1ccc(-c2ccccc2)s1. The first-order valence-corrected chi connectivity index (χ1v) is 8.67. The largest absolute Gasteiger partial charge is 0.481 e. The fourth-order valence-electron chi connectivity index (χ4n) is 2.34. The van der Waals surface area contributed by atoms with Gasteiger partial charge in [0.05, 0.1) is 7.11 Å². The predicted molar refractivity (Wildman–Crippen MR) is 101 cm³/mol. The fourth-order valence-corrected chi connectivity index (χ4v) is 3.26. The number of hydrogen-bond acceptors (Lipinski definition) is 4. The number of aromatic nitrogens is 1. The van der Waals surface area contributed by atoms with Crippen LogP contribution in [-0.2, 0) is 11.3 Å². The number of nitrogens with zero attached hydrogens (tertiary/aromatic N) is 1. The summed E-state index contributed by atoms with van der Waals surface area (Å²) in [7, 11) is 1.56. The third-order valence-corrected chi connectivity index (χ3v) is 4.68. The number of hydrogen-bond donors (Lipinski definition) is 1. The Bertz CT molecular complexity index is 872. The number of pyridine rings is 1. The molecule has 1 aromatic carbocycles. The molecule has 1 N–H and O–H groups in total. The second-order valence-corrected chi connectivity index (χ2v) is 6.41. The average Bonchev–Trinajstić information content (AvgIpc) is 3.14. The summed E-state index contributed by atoms with van der Waals surface area (Å²) in [6.07, 6.45) is 5.03. The molecule has 2 aromatic heterocycles. The second kappa shape index (κ2) is 8.26. The first kappa shape index (κ1) is 16.9. The lowest BCUT2D eigenvalue weighted by Crippen LogP contribution is -2.20. The van der Waals surface area contributed by atoms with Crippen LogP contribution in [0.2, 0.25) is 0 Å². The summed E-state index contributed by atoms with van der Waals surface area (Å²) in [6.45, 7) is 0.375. The molecule has 25 heavy (non-hydrogen) atoms. The third kappa shape index (κ3) is 4.55. The van der Waals surface area contributed by atoms with Crippen molar-refractivity contribution in [2.75, 3.05) is 7.11 Å². The minimum atomic E-state index is -0.152. The predicted octanol–water partition coefficient (Wildman–Crippen LogP) is 4.15. The van der Waals surface area contributed by atoms with E-state index in [1.807, 2.05) is 42.5 Å². The quantitative estimate of drug-likeness (QED) is 0.680. The Morgan fingerprint density at radius 2 is 2.00 bits per heavy atom. The summed E-state index contributed by atoms with van der Waals surface area (Å²) in [5.74, 6) is 0.373. The minimum absolute atomic E-state index is 0.152. The van der Waals surface area contributed by atoms with E-state index in [0.717, 1.165) is 10.4 Å². The first-order valence-electron chi connectivity index (χ1n) is 7.85. The number of amides is 1. The van der Waals surface area contributed by atoms with Gasteiger partial charge in [-0.1, -0.05) is 36.4 Å². The second-order valence-electron chi connectivity index (χ2n) is 5.29. The molecule has 0 unspecified atom stereocenters. The van der Waals surface area contributed by atoms with Crippen molar-refractivity contribution in [3.05, 3.63) is 77.3 Å². The molecular weight excluding hydrogens is 332 g/mol. The molecule has 2 heterocycles. The summed E-state index contributed by atoms with van der Waals surface area (Å²) < 4.78 is 5.17. The molecule has 0 aliphatic heterocycles. The van der Waals surface area contributed by atoms with E-state index in [-0.39, 0.29) is 5.91 Å². The van der Waals surface area contributed by atoms with Gasteiger partial charge >= 0.3 is 0 Å². The van der Waals surface area contributed by atoms with Crippen molar-refractivity contribution in [1.82, 2.24) is 10.3 Å². The molecule has 0 spiro atoms. The van der Waals surface area contributed by atoms with Crippen molar-refractivity contribution in [3.8, 4) is 16.3 Å². The lowest BCUT2D eigenvalue weighted by atomic mass is 10.2. The number of methoxy groups -OCH3 is 1. The average molecular weight is 350 g/mol. The number of carbonyl (C=O) groups excluding carboxylic acids is 1. The van der Waals surface area contributed by atoms with Crippen LogP contribution in [0.1, 0.15) is 10.4 Å². The molecule has 0 aliphatic carbocycles. The molecule has 0 saturated heterocycles. The van der Waals surface area contributed by atoms with Crippen LogP contribution >= 0.6 is 11.3 Å². The Balaban J connectivity index is 1.59. The molecule has 126 valence electrons. The normalized spacial score (nSPS) is 10.8. The summed E-state index contributed by atoms with van der Waals surface area (Å²) >= 11 is 1.65. The lowest BCUT2D eigenvalue weighted by Gasteiger charge is -2.06. The third-order valence-electron chi connectivity index (χ3n) is 3.58. The van der Waals surface area contributed by atoms with Gasteiger partial charge in [0.1, 0.15) is 0 Å². The molecule has 0 atom stereocenters. The highest BCUT2D eigenvalue weighted by molar-refractivity contribution is 7.16. The molecule has 4 nitrogen and oxygen atoms in total. The molecule has 0 fully saturated rings. The summed E-state index contributed by atoms with van der Waals surface area (Å²) in [5, 5.41) is 2.84. The Morgan fingerprint density at radius 1 is 1.16 bits per heavy atom. The molecule has 3 aromatic rings. The van der Waals surface area contributed by atoms with E-state index in [1.165, 1.54) is 10.4 Å². The van der Waals surface area contributed by atoms with Crippen LogP contribution in [0.3, 0.4) is 0 Å². The lowest BCUT2D eigenvalue weighted by molar-refractivity contribution is -0.116. The summed E-state index contributed by atoms with van der Waals surface area (Å²) in [6, 6.07) is 18.0. The van der Waals surface area contributed by atoms with Crippen LogP contribution in [0.25, 0.3) is 16.5 Å². The van der Waals surface area contributed by atoms with Gasteiger partial charge in [0.15, 0.2) is 0 Å². The van der Waals surface area contributed by atoms with Gasteiger partial charge in [0.2, 0.25) is 11.8 Å². The Labute approximate surface area is 150 Å². The van der Waals surface area contributed by atoms with Crippen molar-refractivity contribution < 1.29 is 9.53 Å². The van der Waals surface area contributed by atoms with Crippen LogP contribution in [-0.4, -0.2) is 18.0 Å². The van der Waals surface area contributed by atoms with Crippen LogP contribution in [0.15, 0.2) is 66.9 Å². The summed E-state index contributed by atoms with van der Waals surface area (Å²) in [4.78, 5) is 18.3. The van der Waals surface area contributed by atoms with Crippen molar-refractivity contribution in [2.45, 2.75) is 6.54 Å². The number of ether oxygens (including phenoxy) is 1. The van der Waals surface area contributed by atoms with E-state index in [1.54, 1.807) is 30.7 Å². The molecule has 0 saturated carbocycles. The molecule has 0 bridgehead atoms. The Morgan fingerprint density at radius 3 is 2.80 bits per heavy atom. The molecule has 0 aliphatic rings. The van der Waals surface area contributed by atoms with Crippen LogP contribution in [0, 0.1) is 0 Å². The monoisotopic (exact) mass is 350 g/mol. The van der Waals surface area contributed by atoms with Crippen molar-refractivity contribution in [1.29, 1.82) is 0 Å². The van der Waals surface area contributed by atoms with Gasteiger partial charge in [-0.2, -0.15) is 0 Å². The van der Waals surface area contributed by atoms with Gasteiger partial charge < -0.3 is 10.1 Å². The zero-order valence-corrected chi connectivity index (χ0v) is 14.6. The number of carbonyl (C=O) groups is 1. The van der Waals surface area contributed by atoms with Gasteiger partial charge in [-0.05, 0) is 29.8 Å².